The zero-order valence-electron chi connectivity index (χ0n) is 13.5. The van der Waals surface area contributed by atoms with Crippen molar-refractivity contribution >= 4 is 21.7 Å². The molecule has 126 valence electrons. The van der Waals surface area contributed by atoms with Gasteiger partial charge >= 0.3 is 5.97 Å². The van der Waals surface area contributed by atoms with Crippen LogP contribution in [0.5, 0.6) is 0 Å². The molecule has 23 heavy (non-hydrogen) atoms. The van der Waals surface area contributed by atoms with E-state index in [0.717, 1.165) is 11.1 Å². The first-order valence-corrected chi connectivity index (χ1v) is 9.21. The summed E-state index contributed by atoms with van der Waals surface area (Å²) in [5.41, 5.74) is 2.29. The number of esters is 1. The molecule has 1 saturated heterocycles. The summed E-state index contributed by atoms with van der Waals surface area (Å²) in [6, 6.07) is 5.00. The van der Waals surface area contributed by atoms with Crippen LogP contribution in [0.15, 0.2) is 18.2 Å². The van der Waals surface area contributed by atoms with Crippen LogP contribution < -0.4 is 0 Å². The molecule has 1 fully saturated rings. The molecule has 1 atom stereocenters. The molecule has 2 rings (SSSR count). The summed E-state index contributed by atoms with van der Waals surface area (Å²) in [6.45, 7) is 3.37. The number of hydrogen-bond acceptors (Lipinski definition) is 5. The first kappa shape index (κ1) is 17.5. The van der Waals surface area contributed by atoms with Gasteiger partial charge in [0.2, 0.25) is 0 Å². The Morgan fingerprint density at radius 3 is 2.35 bits per heavy atom. The number of hydrogen-bond donors (Lipinski definition) is 0. The molecule has 1 unspecified atom stereocenters. The zero-order chi connectivity index (χ0) is 17.2. The van der Waals surface area contributed by atoms with Crippen LogP contribution in [-0.4, -0.2) is 56.4 Å². The van der Waals surface area contributed by atoms with Crippen LogP contribution in [-0.2, 0) is 19.4 Å². The maximum absolute atomic E-state index is 12.1. The number of nitrogens with zero attached hydrogens (tertiary/aromatic N) is 1. The zero-order valence-corrected chi connectivity index (χ0v) is 14.4. The van der Waals surface area contributed by atoms with Crippen LogP contribution in [0.3, 0.4) is 0 Å². The van der Waals surface area contributed by atoms with E-state index in [1.807, 2.05) is 19.9 Å². The number of likely N-dealkylation sites (N-methyl/N-ethyl adjacent to an activating group) is 1. The van der Waals surface area contributed by atoms with Gasteiger partial charge in [-0.25, -0.2) is 13.2 Å². The number of sulfone groups is 1. The molecule has 1 heterocycles. The lowest BCUT2D eigenvalue weighted by atomic mass is 10.1. The molecular formula is C16H21NO5S. The molecule has 0 aliphatic carbocycles. The van der Waals surface area contributed by atoms with Crippen molar-refractivity contribution in [3.05, 3.63) is 34.9 Å². The standard InChI is InChI=1S/C16H21NO5S/c1-11-6-12(2)8-13(7-11)16(19)22-9-15(18)17(3)14-4-5-23(20,21)10-14/h6-8,14H,4-5,9-10H2,1-3H3. The van der Waals surface area contributed by atoms with Crippen molar-refractivity contribution in [1.82, 2.24) is 4.90 Å². The summed E-state index contributed by atoms with van der Waals surface area (Å²) in [5, 5.41) is 0. The van der Waals surface area contributed by atoms with Crippen LogP contribution in [0.25, 0.3) is 0 Å². The van der Waals surface area contributed by atoms with Crippen molar-refractivity contribution in [2.75, 3.05) is 25.2 Å². The van der Waals surface area contributed by atoms with E-state index in [9.17, 15) is 18.0 Å². The fourth-order valence-corrected chi connectivity index (χ4v) is 4.46. The summed E-state index contributed by atoms with van der Waals surface area (Å²) in [7, 11) is -1.52. The molecule has 0 bridgehead atoms. The summed E-state index contributed by atoms with van der Waals surface area (Å²) in [4.78, 5) is 25.4. The molecular weight excluding hydrogens is 318 g/mol. The minimum atomic E-state index is -3.06. The maximum Gasteiger partial charge on any atom is 0.338 e. The van der Waals surface area contributed by atoms with Crippen molar-refractivity contribution < 1.29 is 22.7 Å². The smallest absolute Gasteiger partial charge is 0.338 e. The second-order valence-corrected chi connectivity index (χ2v) is 8.24. The predicted molar refractivity (Wildman–Crippen MR) is 86.0 cm³/mol. The van der Waals surface area contributed by atoms with Gasteiger partial charge in [-0.3, -0.25) is 4.79 Å². The average molecular weight is 339 g/mol. The summed E-state index contributed by atoms with van der Waals surface area (Å²) < 4.78 is 28.0. The number of carbonyl (C=O) groups excluding carboxylic acids is 2. The normalized spacial score (nSPS) is 19.3. The highest BCUT2D eigenvalue weighted by Gasteiger charge is 2.32. The van der Waals surface area contributed by atoms with Gasteiger partial charge in [0.05, 0.1) is 17.1 Å². The highest BCUT2D eigenvalue weighted by molar-refractivity contribution is 7.91. The Morgan fingerprint density at radius 2 is 1.83 bits per heavy atom. The van der Waals surface area contributed by atoms with Gasteiger partial charge in [-0.2, -0.15) is 0 Å². The molecule has 1 aliphatic rings. The Kier molecular flexibility index (Phi) is 5.09. The van der Waals surface area contributed by atoms with Crippen LogP contribution in [0.2, 0.25) is 0 Å². The Hall–Kier alpha value is -1.89. The number of carbonyl (C=O) groups is 2. The highest BCUT2D eigenvalue weighted by atomic mass is 32.2. The third-order valence-electron chi connectivity index (χ3n) is 3.93. The molecule has 7 heteroatoms. The van der Waals surface area contributed by atoms with Crippen molar-refractivity contribution in [2.45, 2.75) is 26.3 Å². The molecule has 0 saturated carbocycles. The summed E-state index contributed by atoms with van der Waals surface area (Å²) >= 11 is 0. The fourth-order valence-electron chi connectivity index (χ4n) is 2.69. The van der Waals surface area contributed by atoms with Gasteiger partial charge in [0.15, 0.2) is 16.4 Å². The average Bonchev–Trinajstić information content (AvgIpc) is 2.82. The largest absolute Gasteiger partial charge is 0.452 e. The molecule has 1 aromatic rings. The van der Waals surface area contributed by atoms with E-state index >= 15 is 0 Å². The van der Waals surface area contributed by atoms with E-state index in [-0.39, 0.29) is 17.5 Å². The van der Waals surface area contributed by atoms with E-state index < -0.39 is 28.3 Å². The molecule has 0 spiro atoms. The van der Waals surface area contributed by atoms with Crippen molar-refractivity contribution in [3.63, 3.8) is 0 Å². The van der Waals surface area contributed by atoms with E-state index in [0.29, 0.717) is 12.0 Å². The van der Waals surface area contributed by atoms with Gasteiger partial charge in [-0.1, -0.05) is 17.2 Å². The predicted octanol–water partition coefficient (Wildman–Crippen LogP) is 1.11. The molecule has 0 aromatic heterocycles. The third-order valence-corrected chi connectivity index (χ3v) is 5.68. The van der Waals surface area contributed by atoms with E-state index in [1.165, 1.54) is 4.90 Å². The molecule has 0 radical (unpaired) electrons. The topological polar surface area (TPSA) is 80.8 Å². The number of benzene rings is 1. The first-order chi connectivity index (χ1) is 10.7. The monoisotopic (exact) mass is 339 g/mol. The third kappa shape index (κ3) is 4.54. The van der Waals surface area contributed by atoms with Crippen molar-refractivity contribution in [3.8, 4) is 0 Å². The van der Waals surface area contributed by atoms with Crippen molar-refractivity contribution in [2.24, 2.45) is 0 Å². The van der Waals surface area contributed by atoms with E-state index in [2.05, 4.69) is 0 Å². The highest BCUT2D eigenvalue weighted by Crippen LogP contribution is 2.17. The number of aryl methyl sites for hydroxylation is 2. The second-order valence-electron chi connectivity index (χ2n) is 6.01. The van der Waals surface area contributed by atoms with E-state index in [4.69, 9.17) is 4.74 Å². The van der Waals surface area contributed by atoms with Crippen LogP contribution in [0.1, 0.15) is 27.9 Å². The lowest BCUT2D eigenvalue weighted by Gasteiger charge is -2.23. The molecule has 0 N–H and O–H groups in total. The van der Waals surface area contributed by atoms with E-state index in [1.54, 1.807) is 19.2 Å². The van der Waals surface area contributed by atoms with Gasteiger partial charge < -0.3 is 9.64 Å². The van der Waals surface area contributed by atoms with Gasteiger partial charge in [0, 0.05) is 13.1 Å². The molecule has 1 aliphatic heterocycles. The second kappa shape index (κ2) is 6.70. The van der Waals surface area contributed by atoms with Gasteiger partial charge in [-0.05, 0) is 32.4 Å². The van der Waals surface area contributed by atoms with Crippen molar-refractivity contribution in [1.29, 1.82) is 0 Å². The van der Waals surface area contributed by atoms with Crippen LogP contribution in [0, 0.1) is 13.8 Å². The van der Waals surface area contributed by atoms with Crippen LogP contribution in [0.4, 0.5) is 0 Å². The lowest BCUT2D eigenvalue weighted by molar-refractivity contribution is -0.134. The Labute approximate surface area is 136 Å². The van der Waals surface area contributed by atoms with Crippen LogP contribution >= 0.6 is 0 Å². The fraction of sp³-hybridized carbons (Fsp3) is 0.500. The van der Waals surface area contributed by atoms with Gasteiger partial charge in [0.25, 0.3) is 5.91 Å². The number of rotatable bonds is 4. The summed E-state index contributed by atoms with van der Waals surface area (Å²) in [6.07, 6.45) is 0.426. The first-order valence-electron chi connectivity index (χ1n) is 7.39. The SMILES string of the molecule is Cc1cc(C)cc(C(=O)OCC(=O)N(C)C2CCS(=O)(=O)C2)c1. The summed E-state index contributed by atoms with van der Waals surface area (Å²) in [5.74, 6) is -0.889. The maximum atomic E-state index is 12.1. The molecule has 1 amide bonds. The quantitative estimate of drug-likeness (QED) is 0.768. The van der Waals surface area contributed by atoms with Gasteiger partial charge in [0.1, 0.15) is 0 Å². The lowest BCUT2D eigenvalue weighted by Crippen LogP contribution is -2.40. The Balaban J connectivity index is 1.92. The van der Waals surface area contributed by atoms with Gasteiger partial charge in [-0.15, -0.1) is 0 Å². The molecule has 6 nitrogen and oxygen atoms in total. The minimum Gasteiger partial charge on any atom is -0.452 e. The minimum absolute atomic E-state index is 0.0275. The number of ether oxygens (including phenoxy) is 1. The number of amides is 1. The Morgan fingerprint density at radius 1 is 1.22 bits per heavy atom. The Bertz CT molecular complexity index is 706. The molecule has 1 aromatic carbocycles.